The lowest BCUT2D eigenvalue weighted by atomic mass is 10.1. The van der Waals surface area contributed by atoms with Crippen LogP contribution in [0, 0.1) is 19.7 Å². The second kappa shape index (κ2) is 8.43. The van der Waals surface area contributed by atoms with Crippen LogP contribution < -0.4 is 15.6 Å². The van der Waals surface area contributed by atoms with Gasteiger partial charge in [0.25, 0.3) is 5.56 Å². The molecule has 4 aromatic rings. The molecule has 0 bridgehead atoms. The van der Waals surface area contributed by atoms with Gasteiger partial charge in [0.1, 0.15) is 17.3 Å². The Balaban J connectivity index is 1.37. The fourth-order valence-electron chi connectivity index (χ4n) is 3.35. The normalized spacial score (nSPS) is 10.9. The van der Waals surface area contributed by atoms with Gasteiger partial charge in [0.15, 0.2) is 5.65 Å². The molecule has 0 saturated heterocycles. The van der Waals surface area contributed by atoms with Crippen molar-refractivity contribution in [3.8, 4) is 11.5 Å². The molecule has 0 radical (unpaired) electrons. The highest BCUT2D eigenvalue weighted by Crippen LogP contribution is 2.22. The topological polar surface area (TPSA) is 88.5 Å². The van der Waals surface area contributed by atoms with Gasteiger partial charge in [-0.2, -0.15) is 0 Å². The minimum absolute atomic E-state index is 0.145. The molecule has 0 aliphatic rings. The van der Waals surface area contributed by atoms with E-state index >= 15 is 0 Å². The first-order chi connectivity index (χ1) is 14.9. The molecule has 2 aromatic heterocycles. The molecule has 0 saturated carbocycles. The largest absolute Gasteiger partial charge is 0.457 e. The molecular weight excluding hydrogens is 399 g/mol. The maximum atomic E-state index is 13.0. The maximum Gasteiger partial charge on any atom is 0.266 e. The zero-order valence-corrected chi connectivity index (χ0v) is 17.1. The third kappa shape index (κ3) is 4.63. The highest BCUT2D eigenvalue weighted by atomic mass is 19.1. The van der Waals surface area contributed by atoms with Crippen LogP contribution in [-0.4, -0.2) is 20.5 Å². The third-order valence-electron chi connectivity index (χ3n) is 5.00. The second-order valence-electron chi connectivity index (χ2n) is 7.23. The Kier molecular flexibility index (Phi) is 5.53. The van der Waals surface area contributed by atoms with Crippen LogP contribution in [0.1, 0.15) is 22.5 Å². The average molecular weight is 420 g/mol. The number of amides is 1. The molecule has 31 heavy (non-hydrogen) atoms. The molecule has 0 aliphatic carbocycles. The summed E-state index contributed by atoms with van der Waals surface area (Å²) in [6.45, 7) is 4.04. The van der Waals surface area contributed by atoms with Gasteiger partial charge in [0, 0.05) is 29.6 Å². The van der Waals surface area contributed by atoms with Crippen molar-refractivity contribution in [1.29, 1.82) is 0 Å². The SMILES string of the molecule is Cc1nc2cc(=O)[nH]n2c(C)c1CC(=O)NCc1ccc(Oc2ccc(F)cc2)cc1. The quantitative estimate of drug-likeness (QED) is 0.500. The molecule has 0 spiro atoms. The molecule has 1 amide bonds. The monoisotopic (exact) mass is 420 g/mol. The number of carbonyl (C=O) groups is 1. The van der Waals surface area contributed by atoms with Crippen LogP contribution in [0.4, 0.5) is 4.39 Å². The van der Waals surface area contributed by atoms with Crippen LogP contribution in [0.25, 0.3) is 5.65 Å². The summed E-state index contributed by atoms with van der Waals surface area (Å²) in [5, 5.41) is 5.59. The third-order valence-corrected chi connectivity index (χ3v) is 5.00. The average Bonchev–Trinajstić information content (AvgIpc) is 3.12. The molecule has 158 valence electrons. The van der Waals surface area contributed by atoms with Crippen molar-refractivity contribution in [3.05, 3.63) is 93.3 Å². The van der Waals surface area contributed by atoms with Gasteiger partial charge < -0.3 is 10.1 Å². The number of rotatable bonds is 6. The Morgan fingerprint density at radius 2 is 1.74 bits per heavy atom. The van der Waals surface area contributed by atoms with Crippen LogP contribution in [-0.2, 0) is 17.8 Å². The summed E-state index contributed by atoms with van der Waals surface area (Å²) in [5.41, 5.74) is 3.49. The van der Waals surface area contributed by atoms with Gasteiger partial charge in [-0.1, -0.05) is 12.1 Å². The van der Waals surface area contributed by atoms with Crippen molar-refractivity contribution < 1.29 is 13.9 Å². The Hall–Kier alpha value is -3.94. The van der Waals surface area contributed by atoms with E-state index in [0.29, 0.717) is 29.4 Å². The van der Waals surface area contributed by atoms with E-state index in [1.165, 1.54) is 18.2 Å². The Morgan fingerprint density at radius 1 is 1.10 bits per heavy atom. The van der Waals surface area contributed by atoms with Gasteiger partial charge >= 0.3 is 0 Å². The second-order valence-corrected chi connectivity index (χ2v) is 7.23. The van der Waals surface area contributed by atoms with Crippen LogP contribution >= 0.6 is 0 Å². The number of hydrogen-bond acceptors (Lipinski definition) is 4. The fraction of sp³-hybridized carbons (Fsp3) is 0.174. The molecule has 2 N–H and O–H groups in total. The summed E-state index contributed by atoms with van der Waals surface area (Å²) in [4.78, 5) is 28.5. The number of benzene rings is 2. The minimum Gasteiger partial charge on any atom is -0.457 e. The molecule has 7 nitrogen and oxygen atoms in total. The molecule has 4 rings (SSSR count). The number of hydrogen-bond donors (Lipinski definition) is 2. The van der Waals surface area contributed by atoms with Gasteiger partial charge in [-0.25, -0.2) is 13.9 Å². The maximum absolute atomic E-state index is 13.0. The van der Waals surface area contributed by atoms with E-state index in [0.717, 1.165) is 16.8 Å². The molecule has 2 heterocycles. The van der Waals surface area contributed by atoms with E-state index in [4.69, 9.17) is 4.74 Å². The molecule has 2 aromatic carbocycles. The summed E-state index contributed by atoms with van der Waals surface area (Å²) < 4.78 is 20.2. The molecule has 0 aliphatic heterocycles. The number of aromatic nitrogens is 3. The van der Waals surface area contributed by atoms with Crippen LogP contribution in [0.5, 0.6) is 11.5 Å². The van der Waals surface area contributed by atoms with Crippen LogP contribution in [0.2, 0.25) is 0 Å². The molecule has 8 heteroatoms. The highest BCUT2D eigenvalue weighted by Gasteiger charge is 2.14. The van der Waals surface area contributed by atoms with Crippen LogP contribution in [0.3, 0.4) is 0 Å². The van der Waals surface area contributed by atoms with E-state index in [9.17, 15) is 14.0 Å². The van der Waals surface area contributed by atoms with Crippen LogP contribution in [0.15, 0.2) is 59.4 Å². The smallest absolute Gasteiger partial charge is 0.266 e. The Bertz CT molecular complexity index is 1290. The Labute approximate surface area is 177 Å². The zero-order chi connectivity index (χ0) is 22.0. The number of ether oxygens (including phenoxy) is 1. The predicted octanol–water partition coefficient (Wildman–Crippen LogP) is 3.43. The van der Waals surface area contributed by atoms with Crippen molar-refractivity contribution in [2.24, 2.45) is 0 Å². The Morgan fingerprint density at radius 3 is 2.42 bits per heavy atom. The van der Waals surface area contributed by atoms with E-state index in [1.54, 1.807) is 28.8 Å². The van der Waals surface area contributed by atoms with E-state index < -0.39 is 0 Å². The van der Waals surface area contributed by atoms with Gasteiger partial charge in [-0.3, -0.25) is 14.7 Å². The summed E-state index contributed by atoms with van der Waals surface area (Å²) in [5.74, 6) is 0.700. The van der Waals surface area contributed by atoms with E-state index in [1.807, 2.05) is 26.0 Å². The number of H-pyrrole nitrogens is 1. The van der Waals surface area contributed by atoms with Gasteiger partial charge in [-0.15, -0.1) is 0 Å². The lowest BCUT2D eigenvalue weighted by Crippen LogP contribution is -2.25. The van der Waals surface area contributed by atoms with Crippen molar-refractivity contribution in [1.82, 2.24) is 19.9 Å². The van der Waals surface area contributed by atoms with Crippen molar-refractivity contribution in [2.75, 3.05) is 0 Å². The number of aromatic amines is 1. The zero-order valence-electron chi connectivity index (χ0n) is 17.1. The number of aryl methyl sites for hydroxylation is 2. The lowest BCUT2D eigenvalue weighted by Gasteiger charge is -2.12. The fourth-order valence-corrected chi connectivity index (χ4v) is 3.35. The van der Waals surface area contributed by atoms with Crippen molar-refractivity contribution in [3.63, 3.8) is 0 Å². The molecular formula is C23H21FN4O3. The van der Waals surface area contributed by atoms with Gasteiger partial charge in [0.05, 0.1) is 6.42 Å². The first-order valence-corrected chi connectivity index (χ1v) is 9.76. The van der Waals surface area contributed by atoms with Crippen molar-refractivity contribution >= 4 is 11.6 Å². The summed E-state index contributed by atoms with van der Waals surface area (Å²) >= 11 is 0. The number of carbonyl (C=O) groups excluding carboxylic acids is 1. The van der Waals surface area contributed by atoms with Gasteiger partial charge in [-0.05, 0) is 55.8 Å². The van der Waals surface area contributed by atoms with Crippen molar-refractivity contribution in [2.45, 2.75) is 26.8 Å². The van der Waals surface area contributed by atoms with E-state index in [-0.39, 0.29) is 23.7 Å². The highest BCUT2D eigenvalue weighted by molar-refractivity contribution is 5.79. The standard InChI is InChI=1S/C23H21FN4O3/c1-14-20(15(2)28-21(26-14)12-23(30)27-28)11-22(29)25-13-16-3-7-18(8-4-16)31-19-9-5-17(24)6-10-19/h3-10,12H,11,13H2,1-2H3,(H,25,29)(H,27,30). The van der Waals surface area contributed by atoms with E-state index in [2.05, 4.69) is 15.4 Å². The molecule has 0 fully saturated rings. The number of fused-ring (bicyclic) bond motifs is 1. The van der Waals surface area contributed by atoms with Gasteiger partial charge in [0.2, 0.25) is 5.91 Å². The predicted molar refractivity (Wildman–Crippen MR) is 114 cm³/mol. The number of halogens is 1. The lowest BCUT2D eigenvalue weighted by molar-refractivity contribution is -0.120. The summed E-state index contributed by atoms with van der Waals surface area (Å²) in [7, 11) is 0. The first-order valence-electron chi connectivity index (χ1n) is 9.76. The number of nitrogens with zero attached hydrogens (tertiary/aromatic N) is 2. The summed E-state index contributed by atoms with van der Waals surface area (Å²) in [6.07, 6.45) is 0.159. The summed E-state index contributed by atoms with van der Waals surface area (Å²) in [6, 6.07) is 14.5. The molecule has 0 atom stereocenters. The molecule has 0 unspecified atom stereocenters. The number of nitrogens with one attached hydrogen (secondary N) is 2. The minimum atomic E-state index is -0.318. The first kappa shape index (κ1) is 20.3.